The predicted octanol–water partition coefficient (Wildman–Crippen LogP) is 3.78. The van der Waals surface area contributed by atoms with Crippen LogP contribution in [0.5, 0.6) is 0 Å². The van der Waals surface area contributed by atoms with Crippen LogP contribution >= 0.6 is 0 Å². The molecule has 2 saturated carbocycles. The summed E-state index contributed by atoms with van der Waals surface area (Å²) in [6.45, 7) is 9.09. The quantitative estimate of drug-likeness (QED) is 0.554. The van der Waals surface area contributed by atoms with Crippen LogP contribution in [0.3, 0.4) is 0 Å². The maximum absolute atomic E-state index is 6.41. The fourth-order valence-corrected chi connectivity index (χ4v) is 5.14. The van der Waals surface area contributed by atoms with Gasteiger partial charge in [-0.1, -0.05) is 26.2 Å². The summed E-state index contributed by atoms with van der Waals surface area (Å²) in [6.07, 6.45) is 6.69. The van der Waals surface area contributed by atoms with Gasteiger partial charge in [-0.25, -0.2) is 0 Å². The lowest BCUT2D eigenvalue weighted by molar-refractivity contribution is -0.128. The van der Waals surface area contributed by atoms with Gasteiger partial charge in [0.15, 0.2) is 14.1 Å². The van der Waals surface area contributed by atoms with Crippen molar-refractivity contribution >= 4 is 8.32 Å². The topological polar surface area (TPSA) is 18.5 Å². The molecule has 0 bridgehead atoms. The van der Waals surface area contributed by atoms with Crippen LogP contribution in [-0.2, 0) is 9.16 Å². The Hall–Kier alpha value is 0.137. The lowest BCUT2D eigenvalue weighted by Gasteiger charge is -2.32. The lowest BCUT2D eigenvalue weighted by Crippen LogP contribution is -2.39. The van der Waals surface area contributed by atoms with Gasteiger partial charge in [0.2, 0.25) is 0 Å². The van der Waals surface area contributed by atoms with E-state index in [0.29, 0.717) is 11.3 Å². The minimum atomic E-state index is -1.53. The Labute approximate surface area is 101 Å². The van der Waals surface area contributed by atoms with Crippen LogP contribution in [-0.4, -0.2) is 21.2 Å². The average Bonchev–Trinajstić information content (AvgIpc) is 2.67. The molecule has 0 aliphatic heterocycles. The van der Waals surface area contributed by atoms with E-state index < -0.39 is 8.32 Å². The molecule has 1 spiro atoms. The number of ether oxygens (including phenoxy) is 1. The fraction of sp³-hybridized carbons (Fsp3) is 1.00. The van der Waals surface area contributed by atoms with Gasteiger partial charge in [0.05, 0.1) is 0 Å². The van der Waals surface area contributed by atoms with Gasteiger partial charge in [0, 0.05) is 18.4 Å². The Morgan fingerprint density at radius 2 is 1.62 bits per heavy atom. The van der Waals surface area contributed by atoms with Crippen LogP contribution in [0.4, 0.5) is 0 Å². The number of hydrogen-bond donors (Lipinski definition) is 0. The molecule has 0 radical (unpaired) electrons. The summed E-state index contributed by atoms with van der Waals surface area (Å²) in [4.78, 5) is 0. The van der Waals surface area contributed by atoms with E-state index in [2.05, 4.69) is 26.6 Å². The van der Waals surface area contributed by atoms with Crippen molar-refractivity contribution in [3.8, 4) is 0 Å². The van der Waals surface area contributed by atoms with E-state index >= 15 is 0 Å². The monoisotopic (exact) mass is 242 g/mol. The molecule has 0 aromatic rings. The van der Waals surface area contributed by atoms with E-state index in [-0.39, 0.29) is 5.79 Å². The fourth-order valence-electron chi connectivity index (χ4n) is 3.76. The van der Waals surface area contributed by atoms with Gasteiger partial charge in [-0.05, 0) is 32.5 Å². The second kappa shape index (κ2) is 3.82. The smallest absolute Gasteiger partial charge is 0.187 e. The first kappa shape index (κ1) is 12.6. The summed E-state index contributed by atoms with van der Waals surface area (Å²) in [5, 5.41) is 0. The highest BCUT2D eigenvalue weighted by Crippen LogP contribution is 2.71. The van der Waals surface area contributed by atoms with Crippen LogP contribution in [0.1, 0.15) is 39.0 Å². The molecule has 2 nitrogen and oxygen atoms in total. The van der Waals surface area contributed by atoms with Crippen LogP contribution in [0.2, 0.25) is 19.6 Å². The molecule has 0 amide bonds. The van der Waals surface area contributed by atoms with Crippen LogP contribution in [0.15, 0.2) is 0 Å². The molecule has 2 atom stereocenters. The summed E-state index contributed by atoms with van der Waals surface area (Å²) in [5.41, 5.74) is 0.347. The number of hydrogen-bond acceptors (Lipinski definition) is 2. The molecule has 94 valence electrons. The molecule has 2 fully saturated rings. The Bertz CT molecular complexity index is 266. The first-order valence-corrected chi connectivity index (χ1v) is 10.0. The van der Waals surface area contributed by atoms with Crippen molar-refractivity contribution in [2.45, 2.75) is 64.5 Å². The molecule has 16 heavy (non-hydrogen) atoms. The maximum atomic E-state index is 6.41. The zero-order chi connectivity index (χ0) is 12.0. The third-order valence-electron chi connectivity index (χ3n) is 4.52. The molecular formula is C13H26O2Si. The van der Waals surface area contributed by atoms with Gasteiger partial charge in [0.1, 0.15) is 0 Å². The normalized spacial score (nSPS) is 37.7. The summed E-state index contributed by atoms with van der Waals surface area (Å²) < 4.78 is 12.3. The molecule has 0 saturated heterocycles. The molecular weight excluding hydrogens is 216 g/mol. The Morgan fingerprint density at radius 3 is 2.06 bits per heavy atom. The summed E-state index contributed by atoms with van der Waals surface area (Å²) in [5.74, 6) is 0.342. The highest BCUT2D eigenvalue weighted by Gasteiger charge is 2.76. The standard InChI is InChI=1S/C13H26O2Si/c1-11-12(9-7-6-8-10-12)13(11,14-2)15-16(3,4)5/h11H,6-10H2,1-5H3. The number of methoxy groups -OCH3 is 1. The Morgan fingerprint density at radius 1 is 1.06 bits per heavy atom. The van der Waals surface area contributed by atoms with Crippen molar-refractivity contribution in [2.75, 3.05) is 7.11 Å². The summed E-state index contributed by atoms with van der Waals surface area (Å²) in [6, 6.07) is 0. The van der Waals surface area contributed by atoms with Gasteiger partial charge in [-0.3, -0.25) is 0 Å². The second-order valence-corrected chi connectivity index (χ2v) is 11.0. The summed E-state index contributed by atoms with van der Waals surface area (Å²) in [7, 11) is 0.305. The molecule has 0 N–H and O–H groups in total. The van der Waals surface area contributed by atoms with Crippen LogP contribution in [0, 0.1) is 11.3 Å². The first-order valence-electron chi connectivity index (χ1n) is 6.63. The SMILES string of the molecule is COC1(O[Si](C)(C)C)C(C)C12CCCCC2. The Balaban J connectivity index is 2.17. The van der Waals surface area contributed by atoms with Crippen LogP contribution < -0.4 is 0 Å². The first-order chi connectivity index (χ1) is 7.38. The molecule has 2 aliphatic carbocycles. The Kier molecular flexibility index (Phi) is 3.01. The molecule has 2 aliphatic rings. The minimum Gasteiger partial charge on any atom is -0.390 e. The third kappa shape index (κ3) is 1.68. The van der Waals surface area contributed by atoms with Crippen molar-refractivity contribution in [1.29, 1.82) is 0 Å². The molecule has 3 heteroatoms. The lowest BCUT2D eigenvalue weighted by atomic mass is 9.84. The zero-order valence-corrected chi connectivity index (χ0v) is 12.4. The van der Waals surface area contributed by atoms with E-state index in [4.69, 9.17) is 9.16 Å². The average molecular weight is 242 g/mol. The van der Waals surface area contributed by atoms with Crippen molar-refractivity contribution in [2.24, 2.45) is 11.3 Å². The molecule has 0 aromatic carbocycles. The van der Waals surface area contributed by atoms with Crippen molar-refractivity contribution in [3.63, 3.8) is 0 Å². The van der Waals surface area contributed by atoms with Crippen molar-refractivity contribution < 1.29 is 9.16 Å². The van der Waals surface area contributed by atoms with Gasteiger partial charge >= 0.3 is 0 Å². The molecule has 0 heterocycles. The van der Waals surface area contributed by atoms with Crippen molar-refractivity contribution in [3.05, 3.63) is 0 Å². The highest BCUT2D eigenvalue weighted by atomic mass is 28.4. The molecule has 2 unspecified atom stereocenters. The third-order valence-corrected chi connectivity index (χ3v) is 5.43. The zero-order valence-electron chi connectivity index (χ0n) is 11.4. The van der Waals surface area contributed by atoms with Gasteiger partial charge in [0.25, 0.3) is 0 Å². The maximum Gasteiger partial charge on any atom is 0.187 e. The predicted molar refractivity (Wildman–Crippen MR) is 68.9 cm³/mol. The van der Waals surface area contributed by atoms with E-state index in [1.54, 1.807) is 0 Å². The highest BCUT2D eigenvalue weighted by molar-refractivity contribution is 6.69. The van der Waals surface area contributed by atoms with E-state index in [1.165, 1.54) is 32.1 Å². The van der Waals surface area contributed by atoms with Gasteiger partial charge < -0.3 is 9.16 Å². The van der Waals surface area contributed by atoms with E-state index in [1.807, 2.05) is 7.11 Å². The van der Waals surface area contributed by atoms with Crippen LogP contribution in [0.25, 0.3) is 0 Å². The minimum absolute atomic E-state index is 0.238. The van der Waals surface area contributed by atoms with Gasteiger partial charge in [-0.2, -0.15) is 0 Å². The summed E-state index contributed by atoms with van der Waals surface area (Å²) >= 11 is 0. The second-order valence-electron chi connectivity index (χ2n) is 6.52. The molecule has 0 aromatic heterocycles. The van der Waals surface area contributed by atoms with Gasteiger partial charge in [-0.15, -0.1) is 0 Å². The van der Waals surface area contributed by atoms with E-state index in [9.17, 15) is 0 Å². The largest absolute Gasteiger partial charge is 0.390 e. The van der Waals surface area contributed by atoms with E-state index in [0.717, 1.165) is 0 Å². The van der Waals surface area contributed by atoms with Crippen molar-refractivity contribution in [1.82, 2.24) is 0 Å². The molecule has 2 rings (SSSR count). The number of rotatable bonds is 3.